The summed E-state index contributed by atoms with van der Waals surface area (Å²) < 4.78 is 39.7. The molecule has 0 radical (unpaired) electrons. The molecule has 1 aromatic carbocycles. The lowest BCUT2D eigenvalue weighted by molar-refractivity contribution is -0.125. The van der Waals surface area contributed by atoms with Crippen LogP contribution in [0.4, 0.5) is 9.18 Å². The number of hydrogen-bond acceptors (Lipinski definition) is 5. The van der Waals surface area contributed by atoms with E-state index in [1.165, 1.54) is 22.5 Å². The quantitative estimate of drug-likeness (QED) is 0.762. The van der Waals surface area contributed by atoms with Gasteiger partial charge in [-0.2, -0.15) is 4.31 Å². The van der Waals surface area contributed by atoms with E-state index in [9.17, 15) is 22.4 Å². The van der Waals surface area contributed by atoms with E-state index in [2.05, 4.69) is 10.6 Å². The number of halogens is 1. The number of nitrogens with one attached hydrogen (secondary N) is 2. The minimum Gasteiger partial charge on any atom is -0.338 e. The van der Waals surface area contributed by atoms with Crippen molar-refractivity contribution in [2.45, 2.75) is 24.8 Å². The molecule has 0 aromatic heterocycles. The van der Waals surface area contributed by atoms with Crippen LogP contribution in [0.25, 0.3) is 0 Å². The minimum atomic E-state index is -3.78. The zero-order chi connectivity index (χ0) is 19.3. The molecule has 3 amide bonds. The molecule has 1 aliphatic rings. The standard InChI is InChI=1S/C16H23FN4O4S/c1-3-18-16(23)19-15(22)12(2)20-7-9-21(10-8-20)26(24,25)14-6-4-5-13(17)11-14/h4-6,11-12H,3,7-10H2,1-2H3,(H2,18,19,22,23). The highest BCUT2D eigenvalue weighted by Gasteiger charge is 2.32. The Bertz CT molecular complexity index is 763. The second kappa shape index (κ2) is 8.56. The van der Waals surface area contributed by atoms with Gasteiger partial charge < -0.3 is 5.32 Å². The van der Waals surface area contributed by atoms with Crippen molar-refractivity contribution in [2.24, 2.45) is 0 Å². The van der Waals surface area contributed by atoms with Crippen LogP contribution in [0.2, 0.25) is 0 Å². The third-order valence-corrected chi connectivity index (χ3v) is 6.10. The number of imide groups is 1. The molecule has 2 rings (SSSR count). The van der Waals surface area contributed by atoms with E-state index in [1.54, 1.807) is 18.7 Å². The second-order valence-corrected chi connectivity index (χ2v) is 7.86. The minimum absolute atomic E-state index is 0.0898. The maximum atomic E-state index is 13.3. The van der Waals surface area contributed by atoms with Gasteiger partial charge in [-0.25, -0.2) is 17.6 Å². The number of piperazine rings is 1. The van der Waals surface area contributed by atoms with E-state index < -0.39 is 33.8 Å². The average molecular weight is 386 g/mol. The van der Waals surface area contributed by atoms with Crippen molar-refractivity contribution in [3.63, 3.8) is 0 Å². The topological polar surface area (TPSA) is 98.8 Å². The molecular formula is C16H23FN4O4S. The third-order valence-electron chi connectivity index (χ3n) is 4.21. The summed E-state index contributed by atoms with van der Waals surface area (Å²) in [5.74, 6) is -1.06. The maximum Gasteiger partial charge on any atom is 0.321 e. The van der Waals surface area contributed by atoms with Gasteiger partial charge in [-0.1, -0.05) is 6.07 Å². The lowest BCUT2D eigenvalue weighted by atomic mass is 10.2. The molecule has 0 aliphatic carbocycles. The van der Waals surface area contributed by atoms with Crippen LogP contribution < -0.4 is 10.6 Å². The van der Waals surface area contributed by atoms with Gasteiger partial charge in [0.25, 0.3) is 0 Å². The molecule has 1 fully saturated rings. The summed E-state index contributed by atoms with van der Waals surface area (Å²) in [6.07, 6.45) is 0. The molecule has 1 unspecified atom stereocenters. The van der Waals surface area contributed by atoms with Gasteiger partial charge in [-0.3, -0.25) is 15.0 Å². The molecule has 1 atom stereocenters. The molecule has 26 heavy (non-hydrogen) atoms. The molecule has 2 N–H and O–H groups in total. The van der Waals surface area contributed by atoms with E-state index >= 15 is 0 Å². The van der Waals surface area contributed by atoms with Crippen molar-refractivity contribution in [3.8, 4) is 0 Å². The van der Waals surface area contributed by atoms with Crippen LogP contribution in [-0.4, -0.2) is 68.3 Å². The van der Waals surface area contributed by atoms with E-state index in [0.717, 1.165) is 6.07 Å². The first kappa shape index (κ1) is 20.3. The Morgan fingerprint density at radius 2 is 1.88 bits per heavy atom. The van der Waals surface area contributed by atoms with E-state index in [4.69, 9.17) is 0 Å². The van der Waals surface area contributed by atoms with Gasteiger partial charge in [0.2, 0.25) is 15.9 Å². The lowest BCUT2D eigenvalue weighted by Crippen LogP contribution is -2.56. The first-order chi connectivity index (χ1) is 12.3. The number of rotatable bonds is 5. The maximum absolute atomic E-state index is 13.3. The summed E-state index contributed by atoms with van der Waals surface area (Å²) in [7, 11) is -3.78. The summed E-state index contributed by atoms with van der Waals surface area (Å²) in [5.41, 5.74) is 0. The van der Waals surface area contributed by atoms with Crippen molar-refractivity contribution in [3.05, 3.63) is 30.1 Å². The zero-order valence-electron chi connectivity index (χ0n) is 14.7. The van der Waals surface area contributed by atoms with Gasteiger partial charge in [0.1, 0.15) is 5.82 Å². The van der Waals surface area contributed by atoms with Crippen molar-refractivity contribution < 1.29 is 22.4 Å². The molecule has 8 nitrogen and oxygen atoms in total. The second-order valence-electron chi connectivity index (χ2n) is 5.92. The largest absolute Gasteiger partial charge is 0.338 e. The van der Waals surface area contributed by atoms with Crippen LogP contribution in [0.1, 0.15) is 13.8 Å². The Morgan fingerprint density at radius 3 is 2.46 bits per heavy atom. The Kier molecular flexibility index (Phi) is 6.68. The summed E-state index contributed by atoms with van der Waals surface area (Å²) in [4.78, 5) is 25.2. The van der Waals surface area contributed by atoms with Gasteiger partial charge in [0.15, 0.2) is 0 Å². The van der Waals surface area contributed by atoms with Gasteiger partial charge in [0.05, 0.1) is 10.9 Å². The molecule has 1 aliphatic heterocycles. The highest BCUT2D eigenvalue weighted by atomic mass is 32.2. The van der Waals surface area contributed by atoms with Crippen molar-refractivity contribution in [2.75, 3.05) is 32.7 Å². The van der Waals surface area contributed by atoms with Crippen molar-refractivity contribution in [1.29, 1.82) is 0 Å². The number of nitrogens with zero attached hydrogens (tertiary/aromatic N) is 2. The number of amides is 3. The Balaban J connectivity index is 1.96. The average Bonchev–Trinajstić information content (AvgIpc) is 2.61. The van der Waals surface area contributed by atoms with E-state index in [0.29, 0.717) is 19.6 Å². The Morgan fingerprint density at radius 1 is 1.23 bits per heavy atom. The number of carbonyl (C=O) groups excluding carboxylic acids is 2. The fraction of sp³-hybridized carbons (Fsp3) is 0.500. The SMILES string of the molecule is CCNC(=O)NC(=O)C(C)N1CCN(S(=O)(=O)c2cccc(F)c2)CC1. The molecule has 1 heterocycles. The third kappa shape index (κ3) is 4.77. The molecule has 1 saturated heterocycles. The van der Waals surface area contributed by atoms with Crippen molar-refractivity contribution in [1.82, 2.24) is 19.8 Å². The smallest absolute Gasteiger partial charge is 0.321 e. The molecule has 0 bridgehead atoms. The van der Waals surface area contributed by atoms with Crippen LogP contribution in [0.15, 0.2) is 29.2 Å². The zero-order valence-corrected chi connectivity index (χ0v) is 15.6. The number of sulfonamides is 1. The molecule has 1 aromatic rings. The highest BCUT2D eigenvalue weighted by molar-refractivity contribution is 7.89. The predicted molar refractivity (Wildman–Crippen MR) is 93.4 cm³/mol. The van der Waals surface area contributed by atoms with Crippen LogP contribution in [0.5, 0.6) is 0 Å². The molecule has 0 spiro atoms. The van der Waals surface area contributed by atoms with Crippen LogP contribution in [-0.2, 0) is 14.8 Å². The Labute approximate surface area is 152 Å². The number of carbonyl (C=O) groups is 2. The lowest BCUT2D eigenvalue weighted by Gasteiger charge is -2.36. The molecule has 10 heteroatoms. The van der Waals surface area contributed by atoms with Crippen molar-refractivity contribution >= 4 is 22.0 Å². The normalized spacial score (nSPS) is 17.5. The van der Waals surface area contributed by atoms with Gasteiger partial charge in [-0.15, -0.1) is 0 Å². The molecule has 0 saturated carbocycles. The van der Waals surface area contributed by atoms with Gasteiger partial charge in [0, 0.05) is 32.7 Å². The number of benzene rings is 1. The predicted octanol–water partition coefficient (Wildman–Crippen LogP) is 0.366. The number of hydrogen-bond donors (Lipinski definition) is 2. The van der Waals surface area contributed by atoms with Gasteiger partial charge in [-0.05, 0) is 32.0 Å². The summed E-state index contributed by atoms with van der Waals surface area (Å²) in [6, 6.07) is 3.75. The summed E-state index contributed by atoms with van der Waals surface area (Å²) >= 11 is 0. The first-order valence-corrected chi connectivity index (χ1v) is 9.78. The fourth-order valence-corrected chi connectivity index (χ4v) is 4.15. The number of urea groups is 1. The summed E-state index contributed by atoms with van der Waals surface area (Å²) in [6.45, 7) is 4.83. The van der Waals surface area contributed by atoms with Crippen LogP contribution >= 0.6 is 0 Å². The van der Waals surface area contributed by atoms with Crippen LogP contribution in [0, 0.1) is 5.82 Å². The van der Waals surface area contributed by atoms with Gasteiger partial charge >= 0.3 is 6.03 Å². The fourth-order valence-electron chi connectivity index (χ4n) is 2.69. The van der Waals surface area contributed by atoms with E-state index in [-0.39, 0.29) is 18.0 Å². The molecular weight excluding hydrogens is 363 g/mol. The Hall–Kier alpha value is -2.04. The van der Waals surface area contributed by atoms with Crippen LogP contribution in [0.3, 0.4) is 0 Å². The first-order valence-electron chi connectivity index (χ1n) is 8.34. The monoisotopic (exact) mass is 386 g/mol. The van der Waals surface area contributed by atoms with E-state index in [1.807, 2.05) is 0 Å². The highest BCUT2D eigenvalue weighted by Crippen LogP contribution is 2.19. The molecule has 144 valence electrons. The summed E-state index contributed by atoms with van der Waals surface area (Å²) in [5, 5.41) is 4.72.